The van der Waals surface area contributed by atoms with Crippen LogP contribution in [0.1, 0.15) is 57.6 Å². The third kappa shape index (κ3) is 5.46. The molecule has 1 aliphatic rings. The van der Waals surface area contributed by atoms with Gasteiger partial charge in [0, 0.05) is 38.4 Å². The number of hydrogen-bond acceptors (Lipinski definition) is 3. The summed E-state index contributed by atoms with van der Waals surface area (Å²) in [6, 6.07) is 0.268. The van der Waals surface area contributed by atoms with Crippen molar-refractivity contribution in [3.05, 3.63) is 18.0 Å². The second kappa shape index (κ2) is 9.22. The molecular weight excluding hydrogens is 312 g/mol. The predicted octanol–water partition coefficient (Wildman–Crippen LogP) is 2.55. The van der Waals surface area contributed by atoms with Crippen molar-refractivity contribution in [2.24, 2.45) is 17.5 Å². The van der Waals surface area contributed by atoms with Crippen LogP contribution in [-0.2, 0) is 7.05 Å². The van der Waals surface area contributed by atoms with E-state index in [1.165, 1.54) is 37.7 Å². The number of likely N-dealkylation sites (N-methyl/N-ethyl adjacent to an activating group) is 1. The molecule has 0 radical (unpaired) electrons. The fourth-order valence-corrected chi connectivity index (χ4v) is 3.74. The second-order valence-corrected chi connectivity index (χ2v) is 7.56. The highest BCUT2D eigenvalue weighted by atomic mass is 15.3. The minimum absolute atomic E-state index is 0.268. The van der Waals surface area contributed by atoms with Crippen LogP contribution in [0, 0.1) is 5.41 Å². The Hall–Kier alpha value is -1.56. The molecule has 1 aromatic rings. The third-order valence-electron chi connectivity index (χ3n) is 5.53. The van der Waals surface area contributed by atoms with E-state index in [0.29, 0.717) is 5.41 Å². The number of guanidine groups is 1. The Bertz CT molecular complexity index is 542. The van der Waals surface area contributed by atoms with E-state index in [-0.39, 0.29) is 6.04 Å². The van der Waals surface area contributed by atoms with E-state index >= 15 is 0 Å². The number of nitrogens with one attached hydrogen (secondary N) is 2. The van der Waals surface area contributed by atoms with Gasteiger partial charge in [-0.2, -0.15) is 5.10 Å². The zero-order valence-corrected chi connectivity index (χ0v) is 16.7. The van der Waals surface area contributed by atoms with Crippen molar-refractivity contribution in [1.29, 1.82) is 0 Å². The highest BCUT2D eigenvalue weighted by Crippen LogP contribution is 2.41. The fourth-order valence-electron chi connectivity index (χ4n) is 3.74. The molecule has 0 amide bonds. The van der Waals surface area contributed by atoms with Crippen molar-refractivity contribution in [1.82, 2.24) is 25.3 Å². The van der Waals surface area contributed by atoms with Gasteiger partial charge in [-0.05, 0) is 45.7 Å². The Kier molecular flexibility index (Phi) is 7.29. The molecule has 2 rings (SSSR count). The zero-order valence-electron chi connectivity index (χ0n) is 16.7. The van der Waals surface area contributed by atoms with Crippen molar-refractivity contribution in [3.8, 4) is 0 Å². The molecule has 1 heterocycles. The molecule has 1 aliphatic carbocycles. The standard InChI is InChI=1S/C19H36N6/c1-6-19(10-8-9-11-19)15-22-18(20-7-2)21-13-17(24(3)4)16-12-23-25(5)14-16/h12,14,17H,6-11,13,15H2,1-5H3,(H2,20,21,22). The molecule has 0 saturated heterocycles. The van der Waals surface area contributed by atoms with Crippen LogP contribution in [0.3, 0.4) is 0 Å². The maximum Gasteiger partial charge on any atom is 0.191 e. The van der Waals surface area contributed by atoms with Gasteiger partial charge in [-0.25, -0.2) is 0 Å². The van der Waals surface area contributed by atoms with Gasteiger partial charge in [0.2, 0.25) is 0 Å². The zero-order chi connectivity index (χ0) is 18.3. The lowest BCUT2D eigenvalue weighted by Gasteiger charge is -2.27. The lowest BCUT2D eigenvalue weighted by Crippen LogP contribution is -2.42. The smallest absolute Gasteiger partial charge is 0.191 e. The molecule has 2 N–H and O–H groups in total. The lowest BCUT2D eigenvalue weighted by atomic mass is 9.84. The fraction of sp³-hybridized carbons (Fsp3) is 0.789. The highest BCUT2D eigenvalue weighted by Gasteiger charge is 2.31. The molecule has 0 bridgehead atoms. The molecule has 1 unspecified atom stereocenters. The topological polar surface area (TPSA) is 57.5 Å². The van der Waals surface area contributed by atoms with Crippen LogP contribution in [0.15, 0.2) is 17.4 Å². The van der Waals surface area contributed by atoms with E-state index in [1.54, 1.807) is 0 Å². The van der Waals surface area contributed by atoms with Crippen LogP contribution >= 0.6 is 0 Å². The van der Waals surface area contributed by atoms with Gasteiger partial charge in [0.15, 0.2) is 5.96 Å². The number of aryl methyl sites for hydroxylation is 1. The molecule has 1 aromatic heterocycles. The van der Waals surface area contributed by atoms with Gasteiger partial charge in [-0.3, -0.25) is 9.67 Å². The molecule has 0 aromatic carbocycles. The molecule has 6 heteroatoms. The molecule has 1 fully saturated rings. The Labute approximate surface area is 153 Å². The van der Waals surface area contributed by atoms with Gasteiger partial charge in [0.05, 0.1) is 12.2 Å². The van der Waals surface area contributed by atoms with Crippen molar-refractivity contribution < 1.29 is 0 Å². The van der Waals surface area contributed by atoms with Gasteiger partial charge < -0.3 is 15.5 Å². The van der Waals surface area contributed by atoms with Gasteiger partial charge in [0.25, 0.3) is 0 Å². The molecular formula is C19H36N6. The molecule has 25 heavy (non-hydrogen) atoms. The first-order valence-corrected chi connectivity index (χ1v) is 9.67. The van der Waals surface area contributed by atoms with Crippen molar-refractivity contribution >= 4 is 5.96 Å². The maximum absolute atomic E-state index is 4.92. The van der Waals surface area contributed by atoms with Gasteiger partial charge in [0.1, 0.15) is 0 Å². The van der Waals surface area contributed by atoms with Crippen LogP contribution < -0.4 is 10.6 Å². The summed E-state index contributed by atoms with van der Waals surface area (Å²) < 4.78 is 1.86. The number of rotatable bonds is 8. The molecule has 1 saturated carbocycles. The SMILES string of the molecule is CCNC(=NCC1(CC)CCCC1)NCC(c1cnn(C)c1)N(C)C. The van der Waals surface area contributed by atoms with E-state index < -0.39 is 0 Å². The van der Waals surface area contributed by atoms with Crippen LogP contribution in [0.4, 0.5) is 0 Å². The summed E-state index contributed by atoms with van der Waals surface area (Å²) in [6.07, 6.45) is 10.6. The first-order valence-electron chi connectivity index (χ1n) is 9.67. The minimum atomic E-state index is 0.268. The summed E-state index contributed by atoms with van der Waals surface area (Å²) in [4.78, 5) is 7.14. The minimum Gasteiger partial charge on any atom is -0.357 e. The molecule has 1 atom stereocenters. The monoisotopic (exact) mass is 348 g/mol. The highest BCUT2D eigenvalue weighted by molar-refractivity contribution is 5.79. The van der Waals surface area contributed by atoms with E-state index in [9.17, 15) is 0 Å². The first kappa shape index (κ1) is 19.8. The summed E-state index contributed by atoms with van der Waals surface area (Å²) in [5.41, 5.74) is 1.64. The Morgan fingerprint density at radius 3 is 2.56 bits per heavy atom. The average Bonchev–Trinajstić information content (AvgIpc) is 3.22. The number of aliphatic imine (C=N–C) groups is 1. The predicted molar refractivity (Wildman–Crippen MR) is 105 cm³/mol. The number of hydrogen-bond donors (Lipinski definition) is 2. The summed E-state index contributed by atoms with van der Waals surface area (Å²) in [6.45, 7) is 7.05. The van der Waals surface area contributed by atoms with E-state index in [0.717, 1.165) is 25.6 Å². The normalized spacial score (nSPS) is 18.6. The van der Waals surface area contributed by atoms with E-state index in [1.807, 2.05) is 17.9 Å². The number of nitrogens with zero attached hydrogens (tertiary/aromatic N) is 4. The molecule has 142 valence electrons. The average molecular weight is 349 g/mol. The summed E-state index contributed by atoms with van der Waals surface area (Å²) in [5, 5.41) is 11.2. The molecule has 0 aliphatic heterocycles. The maximum atomic E-state index is 4.92. The first-order chi connectivity index (χ1) is 12.0. The van der Waals surface area contributed by atoms with Gasteiger partial charge in [-0.15, -0.1) is 0 Å². The summed E-state index contributed by atoms with van der Waals surface area (Å²) in [5.74, 6) is 0.929. The summed E-state index contributed by atoms with van der Waals surface area (Å²) in [7, 11) is 6.17. The molecule has 6 nitrogen and oxygen atoms in total. The largest absolute Gasteiger partial charge is 0.357 e. The van der Waals surface area contributed by atoms with Crippen molar-refractivity contribution in [3.63, 3.8) is 0 Å². The van der Waals surface area contributed by atoms with Gasteiger partial charge in [-0.1, -0.05) is 19.8 Å². The van der Waals surface area contributed by atoms with Crippen LogP contribution in [0.25, 0.3) is 0 Å². The Balaban J connectivity index is 2.00. The van der Waals surface area contributed by atoms with E-state index in [2.05, 4.69) is 54.8 Å². The van der Waals surface area contributed by atoms with Crippen molar-refractivity contribution in [2.45, 2.75) is 52.0 Å². The second-order valence-electron chi connectivity index (χ2n) is 7.56. The lowest BCUT2D eigenvalue weighted by molar-refractivity contribution is 0.292. The van der Waals surface area contributed by atoms with E-state index in [4.69, 9.17) is 4.99 Å². The van der Waals surface area contributed by atoms with Crippen molar-refractivity contribution in [2.75, 3.05) is 33.7 Å². The summed E-state index contributed by atoms with van der Waals surface area (Å²) >= 11 is 0. The third-order valence-corrected chi connectivity index (χ3v) is 5.53. The number of aromatic nitrogens is 2. The molecule has 0 spiro atoms. The van der Waals surface area contributed by atoms with Crippen LogP contribution in [-0.4, -0.2) is 54.4 Å². The van der Waals surface area contributed by atoms with Gasteiger partial charge >= 0.3 is 0 Å². The Morgan fingerprint density at radius 2 is 2.04 bits per heavy atom. The van der Waals surface area contributed by atoms with Crippen LogP contribution in [0.2, 0.25) is 0 Å². The quantitative estimate of drug-likeness (QED) is 0.560. The van der Waals surface area contributed by atoms with Crippen LogP contribution in [0.5, 0.6) is 0 Å². The Morgan fingerprint density at radius 1 is 1.32 bits per heavy atom.